The Morgan fingerprint density at radius 1 is 1.15 bits per heavy atom. The van der Waals surface area contributed by atoms with Gasteiger partial charge in [0, 0.05) is 26.7 Å². The summed E-state index contributed by atoms with van der Waals surface area (Å²) < 4.78 is 37.2. The fourth-order valence-electron chi connectivity index (χ4n) is 2.20. The molecule has 1 heterocycles. The van der Waals surface area contributed by atoms with E-state index in [1.165, 1.54) is 8.61 Å². The van der Waals surface area contributed by atoms with Crippen LogP contribution in [0.5, 0.6) is 11.5 Å². The maximum atomic E-state index is 11.9. The molecule has 1 aliphatic heterocycles. The van der Waals surface area contributed by atoms with Crippen molar-refractivity contribution in [3.05, 3.63) is 23.8 Å². The molecule has 1 aliphatic rings. The van der Waals surface area contributed by atoms with Gasteiger partial charge in [0.1, 0.15) is 0 Å². The van der Waals surface area contributed by atoms with Crippen molar-refractivity contribution in [1.82, 2.24) is 8.61 Å². The Hall–Kier alpha value is -1.31. The molecule has 0 radical (unpaired) electrons. The van der Waals surface area contributed by atoms with Crippen LogP contribution < -0.4 is 9.47 Å². The molecule has 1 fully saturated rings. The second kappa shape index (κ2) is 5.99. The van der Waals surface area contributed by atoms with Gasteiger partial charge in [0.05, 0.1) is 14.2 Å². The molecule has 0 spiro atoms. The predicted octanol–water partition coefficient (Wildman–Crippen LogP) is 0.739. The summed E-state index contributed by atoms with van der Waals surface area (Å²) in [6.07, 6.45) is 0.646. The van der Waals surface area contributed by atoms with Crippen molar-refractivity contribution < 1.29 is 17.9 Å². The first-order chi connectivity index (χ1) is 9.48. The second-order valence-corrected chi connectivity index (χ2v) is 6.70. The predicted molar refractivity (Wildman–Crippen MR) is 76.4 cm³/mol. The largest absolute Gasteiger partial charge is 0.493 e. The molecule has 0 unspecified atom stereocenters. The third kappa shape index (κ3) is 2.89. The summed E-state index contributed by atoms with van der Waals surface area (Å²) in [5.41, 5.74) is 1.02. The highest BCUT2D eigenvalue weighted by Gasteiger charge is 2.32. The summed E-state index contributed by atoms with van der Waals surface area (Å²) in [7, 11) is 1.52. The average Bonchev–Trinajstić information content (AvgIpc) is 2.70. The van der Waals surface area contributed by atoms with E-state index in [0.29, 0.717) is 37.6 Å². The van der Waals surface area contributed by atoms with Crippen LogP contribution in [-0.2, 0) is 16.6 Å². The van der Waals surface area contributed by atoms with Gasteiger partial charge in [0.2, 0.25) is 0 Å². The number of hydrogen-bond donors (Lipinski definition) is 0. The van der Waals surface area contributed by atoms with Gasteiger partial charge in [-0.15, -0.1) is 0 Å². The molecule has 2 rings (SSSR count). The zero-order chi connectivity index (χ0) is 14.8. The molecular weight excluding hydrogens is 280 g/mol. The lowest BCUT2D eigenvalue weighted by Crippen LogP contribution is -2.32. The number of methoxy groups -OCH3 is 2. The number of rotatable bonds is 5. The SMILES string of the molecule is COc1ccc(CCN2CCN(C)S2(=O)=O)cc1OC. The van der Waals surface area contributed by atoms with Crippen LogP contribution in [0.3, 0.4) is 0 Å². The van der Waals surface area contributed by atoms with Crippen molar-refractivity contribution in [2.45, 2.75) is 6.42 Å². The van der Waals surface area contributed by atoms with Crippen molar-refractivity contribution in [3.8, 4) is 11.5 Å². The maximum Gasteiger partial charge on any atom is 0.281 e. The van der Waals surface area contributed by atoms with Crippen LogP contribution in [0.15, 0.2) is 18.2 Å². The summed E-state index contributed by atoms with van der Waals surface area (Å²) in [5.74, 6) is 1.33. The Morgan fingerprint density at radius 3 is 2.40 bits per heavy atom. The highest BCUT2D eigenvalue weighted by Crippen LogP contribution is 2.28. The summed E-state index contributed by atoms with van der Waals surface area (Å²) in [6.45, 7) is 1.57. The van der Waals surface area contributed by atoms with E-state index in [1.54, 1.807) is 21.3 Å². The molecule has 0 amide bonds. The monoisotopic (exact) mass is 300 g/mol. The van der Waals surface area contributed by atoms with Gasteiger partial charge in [0.25, 0.3) is 10.2 Å². The van der Waals surface area contributed by atoms with Gasteiger partial charge in [0.15, 0.2) is 11.5 Å². The van der Waals surface area contributed by atoms with E-state index in [0.717, 1.165) is 5.56 Å². The molecule has 0 N–H and O–H groups in total. The lowest BCUT2D eigenvalue weighted by Gasteiger charge is -2.16. The molecule has 7 heteroatoms. The molecule has 20 heavy (non-hydrogen) atoms. The van der Waals surface area contributed by atoms with E-state index in [9.17, 15) is 8.42 Å². The van der Waals surface area contributed by atoms with E-state index in [2.05, 4.69) is 0 Å². The molecule has 1 saturated heterocycles. The van der Waals surface area contributed by atoms with Crippen LogP contribution in [0.1, 0.15) is 5.56 Å². The van der Waals surface area contributed by atoms with Crippen LogP contribution in [0, 0.1) is 0 Å². The zero-order valence-electron chi connectivity index (χ0n) is 12.0. The lowest BCUT2D eigenvalue weighted by molar-refractivity contribution is 0.354. The fourth-order valence-corrected chi connectivity index (χ4v) is 3.54. The quantitative estimate of drug-likeness (QED) is 0.805. The topological polar surface area (TPSA) is 59.1 Å². The summed E-state index contributed by atoms with van der Waals surface area (Å²) in [4.78, 5) is 0. The molecule has 0 bridgehead atoms. The Labute approximate surface area is 120 Å². The Kier molecular flexibility index (Phi) is 4.52. The van der Waals surface area contributed by atoms with Crippen LogP contribution >= 0.6 is 0 Å². The number of likely N-dealkylation sites (N-methyl/N-ethyl adjacent to an activating group) is 1. The number of hydrogen-bond acceptors (Lipinski definition) is 4. The first-order valence-electron chi connectivity index (χ1n) is 6.41. The second-order valence-electron chi connectivity index (χ2n) is 4.67. The first kappa shape index (κ1) is 15.1. The van der Waals surface area contributed by atoms with Gasteiger partial charge in [-0.2, -0.15) is 17.0 Å². The maximum absolute atomic E-state index is 11.9. The number of nitrogens with zero attached hydrogens (tertiary/aromatic N) is 2. The van der Waals surface area contributed by atoms with E-state index < -0.39 is 10.2 Å². The summed E-state index contributed by atoms with van der Waals surface area (Å²) >= 11 is 0. The highest BCUT2D eigenvalue weighted by atomic mass is 32.2. The van der Waals surface area contributed by atoms with E-state index in [-0.39, 0.29) is 0 Å². The van der Waals surface area contributed by atoms with Crippen molar-refractivity contribution in [2.24, 2.45) is 0 Å². The fraction of sp³-hybridized carbons (Fsp3) is 0.538. The van der Waals surface area contributed by atoms with Gasteiger partial charge in [-0.1, -0.05) is 6.07 Å². The van der Waals surface area contributed by atoms with Crippen LogP contribution in [0.2, 0.25) is 0 Å². The van der Waals surface area contributed by atoms with Crippen molar-refractivity contribution >= 4 is 10.2 Å². The third-order valence-electron chi connectivity index (χ3n) is 3.48. The van der Waals surface area contributed by atoms with Gasteiger partial charge < -0.3 is 9.47 Å². The molecule has 112 valence electrons. The number of ether oxygens (including phenoxy) is 2. The van der Waals surface area contributed by atoms with Gasteiger partial charge in [-0.05, 0) is 24.1 Å². The van der Waals surface area contributed by atoms with Gasteiger partial charge >= 0.3 is 0 Å². The first-order valence-corrected chi connectivity index (χ1v) is 7.81. The minimum absolute atomic E-state index is 0.474. The molecule has 0 aromatic heterocycles. The van der Waals surface area contributed by atoms with Gasteiger partial charge in [-0.3, -0.25) is 0 Å². The van der Waals surface area contributed by atoms with Crippen molar-refractivity contribution in [1.29, 1.82) is 0 Å². The van der Waals surface area contributed by atoms with Crippen LogP contribution in [0.25, 0.3) is 0 Å². The molecule has 0 saturated carbocycles. The molecule has 0 atom stereocenters. The standard InChI is InChI=1S/C13H20N2O4S/c1-14-8-9-15(20(14,16)17)7-6-11-4-5-12(18-2)13(10-11)19-3/h4-5,10H,6-9H2,1-3H3. The Bertz CT molecular complexity index is 574. The van der Waals surface area contributed by atoms with Crippen molar-refractivity contribution in [2.75, 3.05) is 40.9 Å². The number of benzene rings is 1. The molecule has 6 nitrogen and oxygen atoms in total. The van der Waals surface area contributed by atoms with Gasteiger partial charge in [-0.25, -0.2) is 0 Å². The van der Waals surface area contributed by atoms with E-state index in [4.69, 9.17) is 9.47 Å². The third-order valence-corrected chi connectivity index (χ3v) is 5.47. The average molecular weight is 300 g/mol. The summed E-state index contributed by atoms with van der Waals surface area (Å²) in [6, 6.07) is 5.64. The zero-order valence-corrected chi connectivity index (χ0v) is 12.8. The Balaban J connectivity index is 2.05. The molecular formula is C13H20N2O4S. The van der Waals surface area contributed by atoms with Crippen LogP contribution in [0.4, 0.5) is 0 Å². The summed E-state index contributed by atoms with van der Waals surface area (Å²) in [5, 5.41) is 0. The lowest BCUT2D eigenvalue weighted by atomic mass is 10.1. The molecule has 1 aromatic carbocycles. The smallest absolute Gasteiger partial charge is 0.281 e. The molecule has 1 aromatic rings. The Morgan fingerprint density at radius 2 is 1.85 bits per heavy atom. The van der Waals surface area contributed by atoms with Crippen LogP contribution in [-0.4, -0.2) is 57.9 Å². The highest BCUT2D eigenvalue weighted by molar-refractivity contribution is 7.87. The van der Waals surface area contributed by atoms with Crippen molar-refractivity contribution in [3.63, 3.8) is 0 Å². The normalized spacial score (nSPS) is 19.1. The minimum Gasteiger partial charge on any atom is -0.493 e. The van der Waals surface area contributed by atoms with E-state index in [1.807, 2.05) is 18.2 Å². The molecule has 0 aliphatic carbocycles. The minimum atomic E-state index is -3.25. The van der Waals surface area contributed by atoms with E-state index >= 15 is 0 Å².